The Hall–Kier alpha value is -0.690. The highest BCUT2D eigenvalue weighted by Crippen LogP contribution is 2.41. The molecule has 2 nitrogen and oxygen atoms in total. The molecule has 3 aromatic carbocycles. The lowest BCUT2D eigenvalue weighted by Crippen LogP contribution is -2.25. The molecular formula is C20H14Br4O2. The molecule has 0 spiro atoms. The second kappa shape index (κ2) is 8.55. The van der Waals surface area contributed by atoms with E-state index in [1.807, 2.05) is 61.5 Å². The number of benzene rings is 3. The van der Waals surface area contributed by atoms with Gasteiger partial charge in [0.1, 0.15) is 4.83 Å². The topological polar surface area (TPSA) is 26.3 Å². The Kier molecular flexibility index (Phi) is 6.59. The molecule has 3 rings (SSSR count). The molecule has 0 N–H and O–H groups in total. The highest BCUT2D eigenvalue weighted by Gasteiger charge is 2.27. The summed E-state index contributed by atoms with van der Waals surface area (Å²) in [6, 6.07) is 17.8. The normalized spacial score (nSPS) is 13.4. The van der Waals surface area contributed by atoms with E-state index in [0.717, 1.165) is 29.8 Å². The Balaban J connectivity index is 1.88. The van der Waals surface area contributed by atoms with Crippen LogP contribution in [0, 0.1) is 0 Å². The molecule has 0 saturated carbocycles. The highest BCUT2D eigenvalue weighted by atomic mass is 79.9. The van der Waals surface area contributed by atoms with Crippen LogP contribution in [0.15, 0.2) is 68.0 Å². The van der Waals surface area contributed by atoms with Crippen LogP contribution >= 0.6 is 63.7 Å². The SMILES string of the molecule is CC(c1ccccc1)[C@H](Br)C(=O)Oc1c(Br)cc2cc(Br)ccc2c1Br. The zero-order valence-corrected chi connectivity index (χ0v) is 20.0. The van der Waals surface area contributed by atoms with Crippen LogP contribution in [0.25, 0.3) is 10.8 Å². The maximum Gasteiger partial charge on any atom is 0.325 e. The maximum atomic E-state index is 12.7. The predicted molar refractivity (Wildman–Crippen MR) is 120 cm³/mol. The van der Waals surface area contributed by atoms with Crippen LogP contribution in [0.2, 0.25) is 0 Å². The average molecular weight is 606 g/mol. The molecule has 0 aliphatic heterocycles. The molecule has 3 aromatic rings. The van der Waals surface area contributed by atoms with Gasteiger partial charge in [-0.2, -0.15) is 0 Å². The van der Waals surface area contributed by atoms with E-state index in [-0.39, 0.29) is 11.9 Å². The standard InChI is InChI=1S/C20H14Br4O2/c1-11(12-5-3-2-4-6-12)17(23)20(25)26-19-16(22)10-13-9-14(21)7-8-15(13)18(19)24/h2-11,17H,1H3/t11?,17-/m0/s1. The monoisotopic (exact) mass is 602 g/mol. The van der Waals surface area contributed by atoms with Crippen molar-refractivity contribution in [2.24, 2.45) is 0 Å². The van der Waals surface area contributed by atoms with E-state index < -0.39 is 4.83 Å². The van der Waals surface area contributed by atoms with E-state index in [2.05, 4.69) is 63.7 Å². The second-order valence-electron chi connectivity index (χ2n) is 5.89. The summed E-state index contributed by atoms with van der Waals surface area (Å²) in [6.45, 7) is 2.00. The molecule has 134 valence electrons. The lowest BCUT2D eigenvalue weighted by molar-refractivity contribution is -0.134. The zero-order valence-electron chi connectivity index (χ0n) is 13.7. The van der Waals surface area contributed by atoms with Crippen molar-refractivity contribution in [3.63, 3.8) is 0 Å². The second-order valence-corrected chi connectivity index (χ2v) is 9.44. The van der Waals surface area contributed by atoms with Crippen LogP contribution in [0.4, 0.5) is 0 Å². The zero-order chi connectivity index (χ0) is 18.8. The minimum Gasteiger partial charge on any atom is -0.423 e. The van der Waals surface area contributed by atoms with E-state index in [1.54, 1.807) is 0 Å². The fourth-order valence-electron chi connectivity index (χ4n) is 2.66. The molecule has 0 radical (unpaired) electrons. The first-order valence-electron chi connectivity index (χ1n) is 7.86. The molecule has 0 aliphatic carbocycles. The van der Waals surface area contributed by atoms with E-state index in [4.69, 9.17) is 4.74 Å². The van der Waals surface area contributed by atoms with Crippen LogP contribution in [0.1, 0.15) is 18.4 Å². The summed E-state index contributed by atoms with van der Waals surface area (Å²) in [5.74, 6) is 0.131. The number of carbonyl (C=O) groups is 1. The third-order valence-electron chi connectivity index (χ3n) is 4.14. The van der Waals surface area contributed by atoms with Gasteiger partial charge in [-0.05, 0) is 66.4 Å². The van der Waals surface area contributed by atoms with Crippen molar-refractivity contribution in [3.05, 3.63) is 73.6 Å². The first-order valence-corrected chi connectivity index (χ1v) is 11.2. The summed E-state index contributed by atoms with van der Waals surface area (Å²) < 4.78 is 8.18. The van der Waals surface area contributed by atoms with Crippen LogP contribution in [-0.4, -0.2) is 10.8 Å². The molecule has 0 amide bonds. The highest BCUT2D eigenvalue weighted by molar-refractivity contribution is 9.11. The van der Waals surface area contributed by atoms with Crippen molar-refractivity contribution in [2.75, 3.05) is 0 Å². The number of rotatable bonds is 4. The van der Waals surface area contributed by atoms with Gasteiger partial charge in [0, 0.05) is 10.4 Å². The first-order chi connectivity index (χ1) is 12.4. The Bertz CT molecular complexity index is 957. The third kappa shape index (κ3) is 4.24. The van der Waals surface area contributed by atoms with Gasteiger partial charge in [0.15, 0.2) is 5.75 Å². The summed E-state index contributed by atoms with van der Waals surface area (Å²) in [5, 5.41) is 2.01. The number of fused-ring (bicyclic) bond motifs is 1. The summed E-state index contributed by atoms with van der Waals surface area (Å²) in [6.07, 6.45) is 0. The van der Waals surface area contributed by atoms with Gasteiger partial charge in [-0.3, -0.25) is 4.79 Å². The number of carbonyl (C=O) groups excluding carboxylic acids is 1. The van der Waals surface area contributed by atoms with Gasteiger partial charge in [0.2, 0.25) is 0 Å². The molecular weight excluding hydrogens is 592 g/mol. The van der Waals surface area contributed by atoms with E-state index in [9.17, 15) is 4.79 Å². The van der Waals surface area contributed by atoms with Crippen molar-refractivity contribution in [3.8, 4) is 5.75 Å². The van der Waals surface area contributed by atoms with Crippen LogP contribution in [-0.2, 0) is 4.79 Å². The number of halogens is 4. The van der Waals surface area contributed by atoms with Gasteiger partial charge in [-0.1, -0.05) is 75.2 Å². The number of hydrogen-bond donors (Lipinski definition) is 0. The van der Waals surface area contributed by atoms with Gasteiger partial charge >= 0.3 is 5.97 Å². The Morgan fingerprint density at radius 3 is 2.38 bits per heavy atom. The van der Waals surface area contributed by atoms with Crippen molar-refractivity contribution in [2.45, 2.75) is 17.7 Å². The summed E-state index contributed by atoms with van der Waals surface area (Å²) >= 11 is 14.1. The van der Waals surface area contributed by atoms with E-state index in [1.165, 1.54) is 0 Å². The Labute approximate surface area is 185 Å². The largest absolute Gasteiger partial charge is 0.423 e. The van der Waals surface area contributed by atoms with E-state index in [0.29, 0.717) is 5.75 Å². The number of esters is 1. The molecule has 0 aliphatic rings. The third-order valence-corrected chi connectivity index (χ3v) is 7.18. The van der Waals surface area contributed by atoms with E-state index >= 15 is 0 Å². The molecule has 0 saturated heterocycles. The maximum absolute atomic E-state index is 12.7. The molecule has 0 heterocycles. The van der Waals surface area contributed by atoms with Gasteiger partial charge in [0.05, 0.1) is 8.95 Å². The van der Waals surface area contributed by atoms with Crippen LogP contribution in [0.3, 0.4) is 0 Å². The molecule has 2 atom stereocenters. The molecule has 0 aromatic heterocycles. The fourth-order valence-corrected chi connectivity index (χ4v) is 4.89. The molecule has 6 heteroatoms. The van der Waals surface area contributed by atoms with Crippen LogP contribution < -0.4 is 4.74 Å². The lowest BCUT2D eigenvalue weighted by atomic mass is 9.98. The van der Waals surface area contributed by atoms with Gasteiger partial charge < -0.3 is 4.74 Å². The molecule has 0 fully saturated rings. The minimum absolute atomic E-state index is 0.0161. The van der Waals surface area contributed by atoms with Crippen molar-refractivity contribution in [1.29, 1.82) is 0 Å². The smallest absolute Gasteiger partial charge is 0.325 e. The number of hydrogen-bond acceptors (Lipinski definition) is 2. The summed E-state index contributed by atoms with van der Waals surface area (Å²) in [4.78, 5) is 12.2. The van der Waals surface area contributed by atoms with Gasteiger partial charge in [0.25, 0.3) is 0 Å². The van der Waals surface area contributed by atoms with Gasteiger partial charge in [-0.15, -0.1) is 0 Å². The number of ether oxygens (including phenoxy) is 1. The molecule has 0 bridgehead atoms. The van der Waals surface area contributed by atoms with Crippen LogP contribution in [0.5, 0.6) is 5.75 Å². The average Bonchev–Trinajstić information content (AvgIpc) is 2.64. The number of alkyl halides is 1. The molecule has 26 heavy (non-hydrogen) atoms. The lowest BCUT2D eigenvalue weighted by Gasteiger charge is -2.19. The first kappa shape index (κ1) is 20.1. The van der Waals surface area contributed by atoms with Crippen molar-refractivity contribution >= 4 is 80.5 Å². The fraction of sp³-hybridized carbons (Fsp3) is 0.150. The summed E-state index contributed by atoms with van der Waals surface area (Å²) in [7, 11) is 0. The minimum atomic E-state index is -0.454. The Morgan fingerprint density at radius 1 is 1.00 bits per heavy atom. The summed E-state index contributed by atoms with van der Waals surface area (Å²) in [5.41, 5.74) is 1.08. The predicted octanol–water partition coefficient (Wildman–Crippen LogP) is 7.60. The van der Waals surface area contributed by atoms with Crippen molar-refractivity contribution < 1.29 is 9.53 Å². The quantitative estimate of drug-likeness (QED) is 0.174. The molecule has 1 unspecified atom stereocenters. The van der Waals surface area contributed by atoms with Crippen molar-refractivity contribution in [1.82, 2.24) is 0 Å². The Morgan fingerprint density at radius 2 is 1.69 bits per heavy atom. The van der Waals surface area contributed by atoms with Gasteiger partial charge in [-0.25, -0.2) is 0 Å².